The summed E-state index contributed by atoms with van der Waals surface area (Å²) in [6, 6.07) is 12.9. The first-order valence-electron chi connectivity index (χ1n) is 4.80. The molecule has 0 atom stereocenters. The maximum Gasteiger partial charge on any atom is 0.159 e. The van der Waals surface area contributed by atoms with Crippen molar-refractivity contribution in [1.29, 1.82) is 0 Å². The molecular weight excluding hydrogens is 208 g/mol. The van der Waals surface area contributed by atoms with E-state index >= 15 is 0 Å². The third kappa shape index (κ3) is 2.51. The lowest BCUT2D eigenvalue weighted by molar-refractivity contribution is 0.508. The molecule has 0 aliphatic carbocycles. The van der Waals surface area contributed by atoms with Crippen molar-refractivity contribution in [3.8, 4) is 0 Å². The van der Waals surface area contributed by atoms with Crippen molar-refractivity contribution in [3.05, 3.63) is 65.7 Å². The Hall–Kier alpha value is -2.03. The molecule has 3 heteroatoms. The number of halogens is 2. The van der Waals surface area contributed by atoms with Crippen LogP contribution in [0.15, 0.2) is 53.5 Å². The number of para-hydroxylation sites is 1. The van der Waals surface area contributed by atoms with E-state index in [4.69, 9.17) is 0 Å². The van der Waals surface area contributed by atoms with Gasteiger partial charge in [0.1, 0.15) is 0 Å². The molecule has 80 valence electrons. The van der Waals surface area contributed by atoms with Crippen molar-refractivity contribution in [1.82, 2.24) is 0 Å². The van der Waals surface area contributed by atoms with Gasteiger partial charge in [0.25, 0.3) is 0 Å². The van der Waals surface area contributed by atoms with Gasteiger partial charge in [0.05, 0.1) is 5.69 Å². The predicted octanol–water partition coefficient (Wildman–Crippen LogP) is 3.72. The molecule has 0 amide bonds. The van der Waals surface area contributed by atoms with E-state index in [1.165, 1.54) is 12.3 Å². The first-order chi connectivity index (χ1) is 7.75. The summed E-state index contributed by atoms with van der Waals surface area (Å²) in [5.74, 6) is -1.71. The van der Waals surface area contributed by atoms with Crippen LogP contribution in [0, 0.1) is 11.6 Å². The van der Waals surface area contributed by atoms with E-state index in [1.807, 2.05) is 30.3 Å². The summed E-state index contributed by atoms with van der Waals surface area (Å²) in [5.41, 5.74) is 1.30. The van der Waals surface area contributed by atoms with E-state index in [1.54, 1.807) is 0 Å². The minimum atomic E-state index is -0.864. The minimum Gasteiger partial charge on any atom is -0.256 e. The number of hydrogen-bond donors (Lipinski definition) is 0. The van der Waals surface area contributed by atoms with Gasteiger partial charge < -0.3 is 0 Å². The Balaban J connectivity index is 2.21. The van der Waals surface area contributed by atoms with Crippen LogP contribution in [-0.2, 0) is 0 Å². The lowest BCUT2D eigenvalue weighted by Crippen LogP contribution is -1.87. The summed E-state index contributed by atoms with van der Waals surface area (Å²) < 4.78 is 25.5. The maximum atomic E-state index is 12.9. The Kier molecular flexibility index (Phi) is 3.05. The van der Waals surface area contributed by atoms with E-state index in [-0.39, 0.29) is 0 Å². The fraction of sp³-hybridized carbons (Fsp3) is 0. The van der Waals surface area contributed by atoms with Gasteiger partial charge in [-0.1, -0.05) is 24.3 Å². The zero-order valence-electron chi connectivity index (χ0n) is 8.40. The summed E-state index contributed by atoms with van der Waals surface area (Å²) >= 11 is 0. The van der Waals surface area contributed by atoms with E-state index in [2.05, 4.69) is 4.99 Å². The molecule has 0 fully saturated rings. The molecule has 2 rings (SSSR count). The van der Waals surface area contributed by atoms with Crippen LogP contribution < -0.4 is 0 Å². The molecule has 0 spiro atoms. The maximum absolute atomic E-state index is 12.9. The molecule has 0 bridgehead atoms. The molecule has 0 aromatic heterocycles. The zero-order chi connectivity index (χ0) is 11.4. The van der Waals surface area contributed by atoms with Gasteiger partial charge in [-0.3, -0.25) is 4.99 Å². The lowest BCUT2D eigenvalue weighted by atomic mass is 10.2. The quantitative estimate of drug-likeness (QED) is 0.680. The fourth-order valence-corrected chi connectivity index (χ4v) is 1.26. The normalized spacial score (nSPS) is 10.9. The van der Waals surface area contributed by atoms with Crippen molar-refractivity contribution in [3.63, 3.8) is 0 Å². The molecule has 2 aromatic rings. The number of rotatable bonds is 2. The number of hydrogen-bond acceptors (Lipinski definition) is 1. The van der Waals surface area contributed by atoms with Gasteiger partial charge in [-0.15, -0.1) is 0 Å². The highest BCUT2D eigenvalue weighted by Crippen LogP contribution is 2.11. The first-order valence-corrected chi connectivity index (χ1v) is 4.80. The van der Waals surface area contributed by atoms with E-state index in [9.17, 15) is 8.78 Å². The van der Waals surface area contributed by atoms with Crippen LogP contribution in [0.4, 0.5) is 14.5 Å². The molecule has 0 saturated heterocycles. The monoisotopic (exact) mass is 217 g/mol. The Morgan fingerprint density at radius 1 is 0.875 bits per heavy atom. The van der Waals surface area contributed by atoms with E-state index < -0.39 is 11.6 Å². The van der Waals surface area contributed by atoms with Gasteiger partial charge in [-0.05, 0) is 29.8 Å². The van der Waals surface area contributed by atoms with Crippen LogP contribution >= 0.6 is 0 Å². The predicted molar refractivity (Wildman–Crippen MR) is 60.1 cm³/mol. The summed E-state index contributed by atoms with van der Waals surface area (Å²) in [7, 11) is 0. The highest BCUT2D eigenvalue weighted by Gasteiger charge is 2.00. The average Bonchev–Trinajstić information content (AvgIpc) is 2.32. The van der Waals surface area contributed by atoms with Gasteiger partial charge in [0.2, 0.25) is 0 Å². The van der Waals surface area contributed by atoms with Crippen LogP contribution in [-0.4, -0.2) is 6.21 Å². The third-order valence-electron chi connectivity index (χ3n) is 2.06. The summed E-state index contributed by atoms with van der Waals surface area (Å²) in [4.78, 5) is 4.13. The first kappa shape index (κ1) is 10.5. The van der Waals surface area contributed by atoms with Crippen molar-refractivity contribution in [2.75, 3.05) is 0 Å². The summed E-state index contributed by atoms with van der Waals surface area (Å²) in [6.07, 6.45) is 1.50. The minimum absolute atomic E-state index is 0.530. The van der Waals surface area contributed by atoms with E-state index in [0.29, 0.717) is 5.56 Å². The Morgan fingerprint density at radius 2 is 1.62 bits per heavy atom. The fourth-order valence-electron chi connectivity index (χ4n) is 1.26. The molecule has 0 unspecified atom stereocenters. The highest BCUT2D eigenvalue weighted by molar-refractivity contribution is 5.81. The van der Waals surface area contributed by atoms with Gasteiger partial charge in [0.15, 0.2) is 11.6 Å². The van der Waals surface area contributed by atoms with E-state index in [0.717, 1.165) is 17.8 Å². The Labute approximate surface area is 92.1 Å². The van der Waals surface area contributed by atoms with Crippen LogP contribution in [0.2, 0.25) is 0 Å². The van der Waals surface area contributed by atoms with Crippen LogP contribution in [0.5, 0.6) is 0 Å². The molecule has 0 aliphatic heterocycles. The molecule has 0 radical (unpaired) electrons. The Bertz CT molecular complexity index is 507. The highest BCUT2D eigenvalue weighted by atomic mass is 19.2. The summed E-state index contributed by atoms with van der Waals surface area (Å²) in [6.45, 7) is 0. The molecule has 2 aromatic carbocycles. The standard InChI is InChI=1S/C13H9F2N/c14-12-7-6-10(8-13(12)15)9-16-11-4-2-1-3-5-11/h1-9H. The van der Waals surface area contributed by atoms with Gasteiger partial charge in [-0.2, -0.15) is 0 Å². The van der Waals surface area contributed by atoms with Crippen molar-refractivity contribution >= 4 is 11.9 Å². The SMILES string of the molecule is Fc1ccc(C=Nc2ccccc2)cc1F. The van der Waals surface area contributed by atoms with Crippen LogP contribution in [0.1, 0.15) is 5.56 Å². The lowest BCUT2D eigenvalue weighted by Gasteiger charge is -1.95. The largest absolute Gasteiger partial charge is 0.256 e. The van der Waals surface area contributed by atoms with Gasteiger partial charge in [0, 0.05) is 6.21 Å². The van der Waals surface area contributed by atoms with Crippen LogP contribution in [0.25, 0.3) is 0 Å². The van der Waals surface area contributed by atoms with Crippen molar-refractivity contribution in [2.24, 2.45) is 4.99 Å². The molecule has 0 aliphatic rings. The van der Waals surface area contributed by atoms with Crippen molar-refractivity contribution in [2.45, 2.75) is 0 Å². The summed E-state index contributed by atoms with van der Waals surface area (Å²) in [5, 5.41) is 0. The average molecular weight is 217 g/mol. The van der Waals surface area contributed by atoms with Crippen molar-refractivity contribution < 1.29 is 8.78 Å². The number of aliphatic imine (C=N–C) groups is 1. The topological polar surface area (TPSA) is 12.4 Å². The second-order valence-corrected chi connectivity index (χ2v) is 3.27. The smallest absolute Gasteiger partial charge is 0.159 e. The second kappa shape index (κ2) is 4.66. The van der Waals surface area contributed by atoms with Gasteiger partial charge in [-0.25, -0.2) is 8.78 Å². The molecule has 16 heavy (non-hydrogen) atoms. The molecule has 0 saturated carbocycles. The third-order valence-corrected chi connectivity index (χ3v) is 2.06. The molecule has 0 heterocycles. The Morgan fingerprint density at radius 3 is 2.31 bits per heavy atom. The molecule has 0 N–H and O–H groups in total. The molecule has 1 nitrogen and oxygen atoms in total. The number of nitrogens with zero attached hydrogens (tertiary/aromatic N) is 1. The zero-order valence-corrected chi connectivity index (χ0v) is 8.40. The second-order valence-electron chi connectivity index (χ2n) is 3.27. The molecular formula is C13H9F2N. The number of benzene rings is 2. The van der Waals surface area contributed by atoms with Crippen LogP contribution in [0.3, 0.4) is 0 Å². The van der Waals surface area contributed by atoms with Gasteiger partial charge >= 0.3 is 0 Å².